The highest BCUT2D eigenvalue weighted by Crippen LogP contribution is 1.88. The highest BCUT2D eigenvalue weighted by molar-refractivity contribution is 4.65. The molecule has 1 aromatic rings. The van der Waals surface area contributed by atoms with Gasteiger partial charge in [0.1, 0.15) is 18.9 Å². The maximum absolute atomic E-state index is 8.67. The second kappa shape index (κ2) is 6.92. The molecule has 0 aromatic carbocycles. The smallest absolute Gasteiger partial charge is 0.243 e. The minimum atomic E-state index is 0. The van der Waals surface area contributed by atoms with E-state index >= 15 is 0 Å². The molecule has 0 radical (unpaired) electrons. The second-order valence-electron chi connectivity index (χ2n) is 2.97. The molecule has 0 unspecified atom stereocenters. The van der Waals surface area contributed by atoms with Crippen molar-refractivity contribution in [2.75, 3.05) is 6.61 Å². The Balaban J connectivity index is 0.00000144. The van der Waals surface area contributed by atoms with E-state index in [0.29, 0.717) is 6.54 Å². The largest absolute Gasteiger partial charge is 1.00 e. The van der Waals surface area contributed by atoms with Crippen LogP contribution in [0.15, 0.2) is 18.7 Å². The fraction of sp³-hybridized carbons (Fsp3) is 0.667. The Morgan fingerprint density at radius 2 is 2.23 bits per heavy atom. The van der Waals surface area contributed by atoms with Crippen molar-refractivity contribution in [2.24, 2.45) is 0 Å². The fourth-order valence-corrected chi connectivity index (χ4v) is 1.16. The molecule has 0 fully saturated rings. The summed E-state index contributed by atoms with van der Waals surface area (Å²) in [5.74, 6) is 0. The minimum absolute atomic E-state index is 0. The zero-order chi connectivity index (χ0) is 8.81. The predicted molar refractivity (Wildman–Crippen MR) is 46.6 cm³/mol. The molecule has 0 saturated carbocycles. The molecule has 0 aliphatic carbocycles. The van der Waals surface area contributed by atoms with E-state index < -0.39 is 0 Å². The third kappa shape index (κ3) is 4.29. The van der Waals surface area contributed by atoms with Crippen LogP contribution in [0.1, 0.15) is 19.8 Å². The number of aliphatic hydroxyl groups excluding tert-OH is 1. The van der Waals surface area contributed by atoms with E-state index in [1.54, 1.807) is 0 Å². The first-order valence-electron chi connectivity index (χ1n) is 4.52. The number of hydrogen-bond acceptors (Lipinski definition) is 1. The summed E-state index contributed by atoms with van der Waals surface area (Å²) in [4.78, 5) is 0. The number of imidazole rings is 1. The predicted octanol–water partition coefficient (Wildman–Crippen LogP) is -2.43. The lowest BCUT2D eigenvalue weighted by atomic mass is 10.3. The Bertz CT molecular complexity index is 225. The Morgan fingerprint density at radius 3 is 2.85 bits per heavy atom. The summed E-state index contributed by atoms with van der Waals surface area (Å²) >= 11 is 0. The van der Waals surface area contributed by atoms with Crippen LogP contribution in [0.4, 0.5) is 0 Å². The topological polar surface area (TPSA) is 29.0 Å². The van der Waals surface area contributed by atoms with Crippen LogP contribution in [0, 0.1) is 0 Å². The molecule has 1 heterocycles. The van der Waals surface area contributed by atoms with Crippen molar-refractivity contribution in [2.45, 2.75) is 32.9 Å². The molecule has 0 amide bonds. The van der Waals surface area contributed by atoms with Gasteiger partial charge in [0.05, 0.1) is 13.2 Å². The lowest BCUT2D eigenvalue weighted by molar-refractivity contribution is -0.696. The van der Waals surface area contributed by atoms with Crippen molar-refractivity contribution in [1.82, 2.24) is 4.57 Å². The van der Waals surface area contributed by atoms with Gasteiger partial charge in [-0.15, -0.1) is 0 Å². The average molecular weight is 205 g/mol. The van der Waals surface area contributed by atoms with E-state index in [0.717, 1.165) is 6.54 Å². The maximum atomic E-state index is 8.67. The van der Waals surface area contributed by atoms with Gasteiger partial charge in [-0.05, 0) is 6.42 Å². The van der Waals surface area contributed by atoms with E-state index in [9.17, 15) is 0 Å². The van der Waals surface area contributed by atoms with Crippen molar-refractivity contribution in [1.29, 1.82) is 0 Å². The van der Waals surface area contributed by atoms with Gasteiger partial charge >= 0.3 is 0 Å². The molecule has 76 valence electrons. The van der Waals surface area contributed by atoms with Gasteiger partial charge in [-0.2, -0.15) is 0 Å². The van der Waals surface area contributed by atoms with Crippen LogP contribution in [-0.2, 0) is 13.1 Å². The molecule has 3 nitrogen and oxygen atoms in total. The Morgan fingerprint density at radius 1 is 1.46 bits per heavy atom. The van der Waals surface area contributed by atoms with E-state index in [1.165, 1.54) is 12.8 Å². The summed E-state index contributed by atoms with van der Waals surface area (Å²) in [6.07, 6.45) is 8.51. The van der Waals surface area contributed by atoms with Gasteiger partial charge < -0.3 is 17.5 Å². The van der Waals surface area contributed by atoms with Gasteiger partial charge in [0.25, 0.3) is 0 Å². The second-order valence-corrected chi connectivity index (χ2v) is 2.97. The molecule has 0 aliphatic heterocycles. The van der Waals surface area contributed by atoms with Crippen molar-refractivity contribution < 1.29 is 22.1 Å². The zero-order valence-electron chi connectivity index (χ0n) is 7.99. The number of unbranched alkanes of at least 4 members (excludes halogenated alkanes) is 1. The van der Waals surface area contributed by atoms with Crippen molar-refractivity contribution in [3.8, 4) is 0 Å². The quantitative estimate of drug-likeness (QED) is 0.532. The van der Waals surface area contributed by atoms with Gasteiger partial charge in [0.2, 0.25) is 6.33 Å². The van der Waals surface area contributed by atoms with Gasteiger partial charge in [-0.3, -0.25) is 0 Å². The number of aryl methyl sites for hydroxylation is 1. The van der Waals surface area contributed by atoms with Crippen LogP contribution in [-0.4, -0.2) is 16.3 Å². The zero-order valence-corrected chi connectivity index (χ0v) is 8.74. The molecule has 0 aliphatic rings. The third-order valence-corrected chi connectivity index (χ3v) is 1.87. The monoisotopic (exact) mass is 204 g/mol. The normalized spacial score (nSPS) is 9.69. The summed E-state index contributed by atoms with van der Waals surface area (Å²) < 4.78 is 4.15. The van der Waals surface area contributed by atoms with E-state index in [4.69, 9.17) is 5.11 Å². The van der Waals surface area contributed by atoms with Gasteiger partial charge in [-0.25, -0.2) is 9.13 Å². The van der Waals surface area contributed by atoms with Crippen molar-refractivity contribution >= 4 is 0 Å². The van der Waals surface area contributed by atoms with Crippen LogP contribution in [0.2, 0.25) is 0 Å². The molecule has 4 heteroatoms. The van der Waals surface area contributed by atoms with Crippen LogP contribution < -0.4 is 17.0 Å². The molecule has 1 aromatic heterocycles. The number of nitrogens with zero attached hydrogens (tertiary/aromatic N) is 2. The van der Waals surface area contributed by atoms with Gasteiger partial charge in [0, 0.05) is 0 Å². The molecular formula is C9H17ClN2O. The van der Waals surface area contributed by atoms with E-state index in [-0.39, 0.29) is 19.0 Å². The van der Waals surface area contributed by atoms with Crippen LogP contribution in [0.5, 0.6) is 0 Å². The van der Waals surface area contributed by atoms with Crippen molar-refractivity contribution in [3.05, 3.63) is 18.7 Å². The van der Waals surface area contributed by atoms with Crippen molar-refractivity contribution in [3.63, 3.8) is 0 Å². The lowest BCUT2D eigenvalue weighted by Crippen LogP contribution is -3.00. The lowest BCUT2D eigenvalue weighted by Gasteiger charge is -1.92. The first-order chi connectivity index (χ1) is 5.86. The van der Waals surface area contributed by atoms with Crippen LogP contribution in [0.25, 0.3) is 0 Å². The number of halogens is 1. The summed E-state index contributed by atoms with van der Waals surface area (Å²) in [6.45, 7) is 4.17. The molecule has 1 rings (SSSR count). The van der Waals surface area contributed by atoms with Gasteiger partial charge in [0.15, 0.2) is 0 Å². The van der Waals surface area contributed by atoms with Gasteiger partial charge in [-0.1, -0.05) is 13.3 Å². The first kappa shape index (κ1) is 12.5. The summed E-state index contributed by atoms with van der Waals surface area (Å²) in [7, 11) is 0. The Hall–Kier alpha value is -0.540. The van der Waals surface area contributed by atoms with E-state index in [1.807, 2.05) is 23.3 Å². The number of rotatable bonds is 5. The first-order valence-corrected chi connectivity index (χ1v) is 4.52. The summed E-state index contributed by atoms with van der Waals surface area (Å²) in [5.41, 5.74) is 0. The molecule has 1 N–H and O–H groups in total. The number of aromatic nitrogens is 2. The molecule has 0 atom stereocenters. The summed E-state index contributed by atoms with van der Waals surface area (Å²) in [6, 6.07) is 0. The molecule has 0 bridgehead atoms. The van der Waals surface area contributed by atoms with Crippen LogP contribution >= 0.6 is 0 Å². The summed E-state index contributed by atoms with van der Waals surface area (Å²) in [5, 5.41) is 8.67. The SMILES string of the molecule is CCCC[n+]1ccn(CCO)c1.[Cl-]. The average Bonchev–Trinajstić information content (AvgIpc) is 2.50. The molecule has 0 spiro atoms. The highest BCUT2D eigenvalue weighted by Gasteiger charge is 2.00. The molecular weight excluding hydrogens is 188 g/mol. The van der Waals surface area contributed by atoms with E-state index in [2.05, 4.69) is 11.5 Å². The Kier molecular flexibility index (Phi) is 6.63. The standard InChI is InChI=1S/C9H17N2O.ClH/c1-2-3-4-10-5-6-11(9-10)7-8-12;/h5-6,9,12H,2-4,7-8H2,1H3;1H/q+1;/p-1. The highest BCUT2D eigenvalue weighted by atomic mass is 35.5. The molecule has 0 saturated heterocycles. The number of aliphatic hydroxyl groups is 1. The Labute approximate surface area is 85.4 Å². The fourth-order valence-electron chi connectivity index (χ4n) is 1.16. The van der Waals surface area contributed by atoms with Crippen LogP contribution in [0.3, 0.4) is 0 Å². The minimum Gasteiger partial charge on any atom is -1.00 e. The third-order valence-electron chi connectivity index (χ3n) is 1.87. The maximum Gasteiger partial charge on any atom is 0.243 e. The molecule has 13 heavy (non-hydrogen) atoms. The number of hydrogen-bond donors (Lipinski definition) is 1.